The first-order valence-corrected chi connectivity index (χ1v) is 8.27. The zero-order valence-corrected chi connectivity index (χ0v) is 15.2. The summed E-state index contributed by atoms with van der Waals surface area (Å²) in [7, 11) is 0. The van der Waals surface area contributed by atoms with Gasteiger partial charge in [-0.15, -0.1) is 0 Å². The largest absolute Gasteiger partial charge is 0.461 e. The van der Waals surface area contributed by atoms with Crippen LogP contribution in [0.5, 0.6) is 0 Å². The molecule has 0 saturated heterocycles. The number of non-ortho nitro benzene ring substituents is 1. The Labute approximate surface area is 158 Å². The molecular formula is C19H24N4O4. The predicted octanol–water partition coefficient (Wildman–Crippen LogP) is 3.00. The minimum Gasteiger partial charge on any atom is -0.461 e. The average molecular weight is 372 g/mol. The zero-order chi connectivity index (χ0) is 20.2. The topological polar surface area (TPSA) is 125 Å². The highest BCUT2D eigenvalue weighted by molar-refractivity contribution is 5.81. The van der Waals surface area contributed by atoms with Crippen molar-refractivity contribution in [3.63, 3.8) is 0 Å². The number of nitrogens with two attached hydrogens (primary N) is 2. The van der Waals surface area contributed by atoms with Crippen LogP contribution in [0.15, 0.2) is 61.2 Å². The number of carbonyl (C=O) groups is 1. The van der Waals surface area contributed by atoms with Crippen molar-refractivity contribution in [2.45, 2.75) is 6.92 Å². The van der Waals surface area contributed by atoms with E-state index in [2.05, 4.69) is 11.5 Å². The van der Waals surface area contributed by atoms with E-state index in [1.807, 2.05) is 31.2 Å². The van der Waals surface area contributed by atoms with Crippen molar-refractivity contribution < 1.29 is 14.5 Å². The number of benzene rings is 2. The van der Waals surface area contributed by atoms with E-state index in [9.17, 15) is 14.9 Å². The van der Waals surface area contributed by atoms with Crippen LogP contribution in [0, 0.1) is 10.1 Å². The van der Waals surface area contributed by atoms with E-state index in [4.69, 9.17) is 16.2 Å². The van der Waals surface area contributed by atoms with Crippen LogP contribution in [0.2, 0.25) is 0 Å². The minimum absolute atomic E-state index is 0.0641. The number of likely N-dealkylation sites (N-methyl/N-ethyl adjacent to an activating group) is 1. The smallest absolute Gasteiger partial charge is 0.330 e. The summed E-state index contributed by atoms with van der Waals surface area (Å²) in [6.07, 6.45) is 1.17. The molecule has 8 nitrogen and oxygen atoms in total. The van der Waals surface area contributed by atoms with Crippen molar-refractivity contribution in [2.24, 2.45) is 0 Å². The second kappa shape index (κ2) is 11.1. The molecule has 0 unspecified atom stereocenters. The normalized spacial score (nSPS) is 9.52. The van der Waals surface area contributed by atoms with Crippen LogP contribution in [0.25, 0.3) is 0 Å². The third-order valence-electron chi connectivity index (χ3n) is 3.52. The number of nitrogens with zero attached hydrogens (tertiary/aromatic N) is 2. The fraction of sp³-hybridized carbons (Fsp3) is 0.211. The molecule has 0 amide bonds. The minimum atomic E-state index is -0.459. The molecule has 2 aromatic rings. The Morgan fingerprint density at radius 1 is 1.15 bits per heavy atom. The number of nitrogen functional groups attached to an aromatic ring is 2. The molecule has 0 radical (unpaired) electrons. The molecule has 0 aliphatic carbocycles. The first kappa shape index (κ1) is 21.5. The Bertz CT molecular complexity index is 745. The van der Waals surface area contributed by atoms with Gasteiger partial charge in [0.15, 0.2) is 0 Å². The molecular weight excluding hydrogens is 348 g/mol. The molecule has 2 rings (SSSR count). The Morgan fingerprint density at radius 2 is 1.67 bits per heavy atom. The van der Waals surface area contributed by atoms with Gasteiger partial charge in [0, 0.05) is 41.8 Å². The molecule has 8 heteroatoms. The Kier molecular flexibility index (Phi) is 8.87. The van der Waals surface area contributed by atoms with E-state index >= 15 is 0 Å². The number of esters is 1. The molecule has 0 aliphatic rings. The predicted molar refractivity (Wildman–Crippen MR) is 107 cm³/mol. The van der Waals surface area contributed by atoms with Gasteiger partial charge >= 0.3 is 5.97 Å². The maximum Gasteiger partial charge on any atom is 0.330 e. The van der Waals surface area contributed by atoms with Gasteiger partial charge in [-0.1, -0.05) is 6.58 Å². The Morgan fingerprint density at radius 3 is 2.11 bits per heavy atom. The standard InChI is InChI=1S/C13H18N2O2.C6H6N2O2/c1-3-13(16)17-10-9-15(4-2)12-7-5-11(14)6-8-12;7-5-1-3-6(4-2-5)8(9)10/h3,5-8H,1,4,9-10,14H2,2H3;1-4H,7H2. The summed E-state index contributed by atoms with van der Waals surface area (Å²) >= 11 is 0. The second-order valence-corrected chi connectivity index (χ2v) is 5.39. The Hall–Kier alpha value is -3.55. The van der Waals surface area contributed by atoms with Crippen LogP contribution >= 0.6 is 0 Å². The van der Waals surface area contributed by atoms with E-state index < -0.39 is 10.9 Å². The molecule has 0 saturated carbocycles. The molecule has 0 aromatic heterocycles. The molecule has 0 spiro atoms. The van der Waals surface area contributed by atoms with Gasteiger partial charge in [0.1, 0.15) is 6.61 Å². The highest BCUT2D eigenvalue weighted by Crippen LogP contribution is 2.15. The van der Waals surface area contributed by atoms with Crippen LogP contribution in [0.3, 0.4) is 0 Å². The molecule has 2 aromatic carbocycles. The number of ether oxygens (including phenoxy) is 1. The highest BCUT2D eigenvalue weighted by Gasteiger charge is 2.05. The maximum atomic E-state index is 10.9. The SMILES string of the molecule is C=CC(=O)OCCN(CC)c1ccc(N)cc1.Nc1ccc([N+](=O)[O-])cc1. The van der Waals surface area contributed by atoms with Gasteiger partial charge in [0.25, 0.3) is 5.69 Å². The van der Waals surface area contributed by atoms with Gasteiger partial charge in [-0.25, -0.2) is 4.79 Å². The van der Waals surface area contributed by atoms with Crippen molar-refractivity contribution in [1.82, 2.24) is 0 Å². The van der Waals surface area contributed by atoms with Gasteiger partial charge < -0.3 is 21.1 Å². The molecule has 4 N–H and O–H groups in total. The molecule has 0 heterocycles. The maximum absolute atomic E-state index is 10.9. The van der Waals surface area contributed by atoms with Crippen LogP contribution in [0.1, 0.15) is 6.92 Å². The number of hydrogen-bond donors (Lipinski definition) is 2. The number of hydrogen-bond acceptors (Lipinski definition) is 7. The summed E-state index contributed by atoms with van der Waals surface area (Å²) in [5.74, 6) is -0.390. The second-order valence-electron chi connectivity index (χ2n) is 5.39. The molecule has 27 heavy (non-hydrogen) atoms. The first-order chi connectivity index (χ1) is 12.9. The lowest BCUT2D eigenvalue weighted by molar-refractivity contribution is -0.384. The first-order valence-electron chi connectivity index (χ1n) is 8.27. The van der Waals surface area contributed by atoms with Gasteiger partial charge in [0.05, 0.1) is 11.5 Å². The average Bonchev–Trinajstić information content (AvgIpc) is 2.67. The molecule has 0 fully saturated rings. The lowest BCUT2D eigenvalue weighted by atomic mass is 10.2. The summed E-state index contributed by atoms with van der Waals surface area (Å²) in [6.45, 7) is 7.24. The number of nitro benzene ring substituents is 1. The van der Waals surface area contributed by atoms with Crippen LogP contribution < -0.4 is 16.4 Å². The van der Waals surface area contributed by atoms with E-state index in [1.165, 1.54) is 30.3 Å². The number of anilines is 3. The van der Waals surface area contributed by atoms with Crippen LogP contribution in [0.4, 0.5) is 22.7 Å². The van der Waals surface area contributed by atoms with Gasteiger partial charge in [0.2, 0.25) is 0 Å². The lowest BCUT2D eigenvalue weighted by Gasteiger charge is -2.22. The highest BCUT2D eigenvalue weighted by atomic mass is 16.6. The van der Waals surface area contributed by atoms with Crippen molar-refractivity contribution in [1.29, 1.82) is 0 Å². The summed E-state index contributed by atoms with van der Waals surface area (Å²) in [5.41, 5.74) is 13.3. The monoisotopic (exact) mass is 372 g/mol. The Balaban J connectivity index is 0.000000309. The molecule has 0 atom stereocenters. The molecule has 0 aliphatic heterocycles. The summed E-state index contributed by atoms with van der Waals surface area (Å²) in [5, 5.41) is 10.1. The fourth-order valence-corrected chi connectivity index (χ4v) is 2.07. The lowest BCUT2D eigenvalue weighted by Crippen LogP contribution is -2.27. The molecule has 0 bridgehead atoms. The van der Waals surface area contributed by atoms with E-state index in [0.717, 1.165) is 17.9 Å². The van der Waals surface area contributed by atoms with E-state index in [-0.39, 0.29) is 5.69 Å². The van der Waals surface area contributed by atoms with Crippen molar-refractivity contribution in [3.8, 4) is 0 Å². The van der Waals surface area contributed by atoms with Crippen molar-refractivity contribution >= 4 is 28.7 Å². The third kappa shape index (κ3) is 7.91. The summed E-state index contributed by atoms with van der Waals surface area (Å²) in [6, 6.07) is 13.4. The van der Waals surface area contributed by atoms with Crippen LogP contribution in [-0.2, 0) is 9.53 Å². The van der Waals surface area contributed by atoms with Crippen molar-refractivity contribution in [2.75, 3.05) is 36.1 Å². The van der Waals surface area contributed by atoms with Crippen molar-refractivity contribution in [3.05, 3.63) is 71.3 Å². The van der Waals surface area contributed by atoms with E-state index in [0.29, 0.717) is 18.8 Å². The third-order valence-corrected chi connectivity index (χ3v) is 3.52. The fourth-order valence-electron chi connectivity index (χ4n) is 2.07. The van der Waals surface area contributed by atoms with Crippen LogP contribution in [-0.4, -0.2) is 30.6 Å². The summed E-state index contributed by atoms with van der Waals surface area (Å²) < 4.78 is 4.95. The number of rotatable bonds is 7. The van der Waals surface area contributed by atoms with Gasteiger partial charge in [-0.3, -0.25) is 10.1 Å². The summed E-state index contributed by atoms with van der Waals surface area (Å²) in [4.78, 5) is 22.6. The number of nitro groups is 1. The van der Waals surface area contributed by atoms with E-state index in [1.54, 1.807) is 0 Å². The molecule has 144 valence electrons. The quantitative estimate of drug-likeness (QED) is 0.252. The van der Waals surface area contributed by atoms with Gasteiger partial charge in [-0.05, 0) is 43.3 Å². The van der Waals surface area contributed by atoms with Gasteiger partial charge in [-0.2, -0.15) is 0 Å². The zero-order valence-electron chi connectivity index (χ0n) is 15.2. The number of carbonyl (C=O) groups excluding carboxylic acids is 1.